The highest BCUT2D eigenvalue weighted by Gasteiger charge is 2.28. The molecule has 4 heteroatoms. The van der Waals surface area contributed by atoms with E-state index in [1.54, 1.807) is 11.3 Å². The Morgan fingerprint density at radius 2 is 2.29 bits per heavy atom. The van der Waals surface area contributed by atoms with E-state index in [1.807, 2.05) is 25.3 Å². The zero-order valence-corrected chi connectivity index (χ0v) is 12.2. The molecule has 1 amide bonds. The smallest absolute Gasteiger partial charge is 0.227 e. The van der Waals surface area contributed by atoms with Crippen LogP contribution in [0, 0.1) is 5.41 Å². The molecule has 0 aromatic carbocycles. The van der Waals surface area contributed by atoms with Crippen molar-refractivity contribution in [3.05, 3.63) is 22.4 Å². The predicted octanol–water partition coefficient (Wildman–Crippen LogP) is 3.97. The van der Waals surface area contributed by atoms with Crippen molar-refractivity contribution in [2.45, 2.75) is 39.7 Å². The average Bonchev–Trinajstić information content (AvgIpc) is 2.81. The molecule has 0 aliphatic rings. The topological polar surface area (TPSA) is 29.1 Å². The number of hydrogen-bond donors (Lipinski definition) is 1. The number of thiophene rings is 1. The molecule has 1 rings (SSSR count). The molecule has 96 valence electrons. The number of carbonyl (C=O) groups excluding carboxylic acids is 1. The summed E-state index contributed by atoms with van der Waals surface area (Å²) in [5.41, 5.74) is -0.509. The van der Waals surface area contributed by atoms with Gasteiger partial charge in [-0.1, -0.05) is 19.4 Å². The average molecular weight is 274 g/mol. The zero-order chi connectivity index (χ0) is 12.9. The molecule has 1 aromatic rings. The number of nitrogens with one attached hydrogen (secondary N) is 1. The van der Waals surface area contributed by atoms with Crippen molar-refractivity contribution in [3.8, 4) is 0 Å². The van der Waals surface area contributed by atoms with Crippen molar-refractivity contribution in [1.29, 1.82) is 0 Å². The highest BCUT2D eigenvalue weighted by Crippen LogP contribution is 2.25. The van der Waals surface area contributed by atoms with Gasteiger partial charge in [-0.05, 0) is 31.7 Å². The summed E-state index contributed by atoms with van der Waals surface area (Å²) in [6.07, 6.45) is 2.01. The van der Waals surface area contributed by atoms with Gasteiger partial charge in [0.2, 0.25) is 5.91 Å². The van der Waals surface area contributed by atoms with Crippen LogP contribution in [0.2, 0.25) is 0 Å². The molecule has 0 radical (unpaired) electrons. The summed E-state index contributed by atoms with van der Waals surface area (Å²) in [5, 5.41) is 5.14. The number of alkyl halides is 1. The third kappa shape index (κ3) is 4.00. The Hall–Kier alpha value is -0.540. The maximum Gasteiger partial charge on any atom is 0.227 e. The van der Waals surface area contributed by atoms with E-state index >= 15 is 0 Å². The molecule has 1 unspecified atom stereocenters. The summed E-state index contributed by atoms with van der Waals surface area (Å²) < 4.78 is 0. The molecule has 1 atom stereocenters. The van der Waals surface area contributed by atoms with Gasteiger partial charge in [-0.15, -0.1) is 22.9 Å². The summed E-state index contributed by atoms with van der Waals surface area (Å²) >= 11 is 7.50. The zero-order valence-electron chi connectivity index (χ0n) is 10.6. The number of amides is 1. The van der Waals surface area contributed by atoms with Crippen LogP contribution in [0.1, 0.15) is 44.5 Å². The van der Waals surface area contributed by atoms with Crippen LogP contribution < -0.4 is 5.32 Å². The van der Waals surface area contributed by atoms with Crippen LogP contribution in [-0.2, 0) is 4.79 Å². The Bertz CT molecular complexity index is 348. The number of halogens is 1. The van der Waals surface area contributed by atoms with Gasteiger partial charge in [-0.25, -0.2) is 0 Å². The summed E-state index contributed by atoms with van der Waals surface area (Å²) in [5.74, 6) is 0.363. The van der Waals surface area contributed by atoms with E-state index in [0.717, 1.165) is 12.8 Å². The van der Waals surface area contributed by atoms with Crippen molar-refractivity contribution >= 4 is 28.8 Å². The first kappa shape index (κ1) is 14.5. The third-order valence-electron chi connectivity index (χ3n) is 2.72. The molecule has 2 nitrogen and oxygen atoms in total. The Morgan fingerprint density at radius 1 is 1.59 bits per heavy atom. The summed E-state index contributed by atoms with van der Waals surface area (Å²) in [4.78, 5) is 13.3. The van der Waals surface area contributed by atoms with Crippen LogP contribution in [0.5, 0.6) is 0 Å². The summed E-state index contributed by atoms with van der Waals surface area (Å²) in [6, 6.07) is 4.20. The molecule has 0 bridgehead atoms. The van der Waals surface area contributed by atoms with E-state index in [9.17, 15) is 4.79 Å². The first-order chi connectivity index (χ1) is 8.01. The Balaban J connectivity index is 2.71. The van der Waals surface area contributed by atoms with Gasteiger partial charge in [0.15, 0.2) is 0 Å². The van der Waals surface area contributed by atoms with E-state index in [4.69, 9.17) is 11.6 Å². The van der Waals surface area contributed by atoms with Crippen LogP contribution in [-0.4, -0.2) is 11.8 Å². The van der Waals surface area contributed by atoms with Crippen LogP contribution in [0.25, 0.3) is 0 Å². The van der Waals surface area contributed by atoms with E-state index in [2.05, 4.69) is 18.3 Å². The molecule has 0 aliphatic carbocycles. The van der Waals surface area contributed by atoms with Crippen molar-refractivity contribution < 1.29 is 4.79 Å². The summed E-state index contributed by atoms with van der Waals surface area (Å²) in [6.45, 7) is 5.86. The van der Waals surface area contributed by atoms with Gasteiger partial charge in [0.05, 0.1) is 11.5 Å². The molecule has 0 saturated carbocycles. The quantitative estimate of drug-likeness (QED) is 0.781. The molecule has 17 heavy (non-hydrogen) atoms. The monoisotopic (exact) mass is 273 g/mol. The van der Waals surface area contributed by atoms with Gasteiger partial charge < -0.3 is 5.32 Å². The van der Waals surface area contributed by atoms with Crippen molar-refractivity contribution in [2.24, 2.45) is 5.41 Å². The van der Waals surface area contributed by atoms with Gasteiger partial charge in [0.1, 0.15) is 0 Å². The minimum atomic E-state index is -0.509. The van der Waals surface area contributed by atoms with Crippen molar-refractivity contribution in [1.82, 2.24) is 5.32 Å². The van der Waals surface area contributed by atoms with E-state index in [1.165, 1.54) is 4.88 Å². The number of carbonyl (C=O) groups is 1. The second-order valence-corrected chi connectivity index (χ2v) is 6.09. The van der Waals surface area contributed by atoms with Crippen LogP contribution in [0.4, 0.5) is 0 Å². The fourth-order valence-corrected chi connectivity index (χ4v) is 2.41. The normalized spacial score (nSPS) is 13.4. The SMILES string of the molecule is CCCC(NC(=O)C(C)(C)CCl)c1cccs1. The van der Waals surface area contributed by atoms with Gasteiger partial charge in [-0.3, -0.25) is 4.79 Å². The van der Waals surface area contributed by atoms with Gasteiger partial charge in [-0.2, -0.15) is 0 Å². The molecule has 0 spiro atoms. The highest BCUT2D eigenvalue weighted by atomic mass is 35.5. The number of hydrogen-bond acceptors (Lipinski definition) is 2. The Morgan fingerprint density at radius 3 is 2.76 bits per heavy atom. The van der Waals surface area contributed by atoms with E-state index in [0.29, 0.717) is 5.88 Å². The fraction of sp³-hybridized carbons (Fsp3) is 0.615. The lowest BCUT2D eigenvalue weighted by Gasteiger charge is -2.25. The Kier molecular flexibility index (Phi) is 5.47. The minimum absolute atomic E-state index is 0.0272. The summed E-state index contributed by atoms with van der Waals surface area (Å²) in [7, 11) is 0. The maximum atomic E-state index is 12.1. The lowest BCUT2D eigenvalue weighted by Crippen LogP contribution is -2.40. The van der Waals surface area contributed by atoms with Crippen LogP contribution >= 0.6 is 22.9 Å². The molecule has 0 aliphatic heterocycles. The highest BCUT2D eigenvalue weighted by molar-refractivity contribution is 7.10. The molecule has 1 heterocycles. The van der Waals surface area contributed by atoms with E-state index < -0.39 is 5.41 Å². The molecule has 0 fully saturated rings. The first-order valence-electron chi connectivity index (χ1n) is 5.91. The second-order valence-electron chi connectivity index (χ2n) is 4.85. The lowest BCUT2D eigenvalue weighted by atomic mass is 9.94. The van der Waals surface area contributed by atoms with Gasteiger partial charge >= 0.3 is 0 Å². The van der Waals surface area contributed by atoms with Gasteiger partial charge in [0.25, 0.3) is 0 Å². The molecule has 1 N–H and O–H groups in total. The van der Waals surface area contributed by atoms with Crippen molar-refractivity contribution in [3.63, 3.8) is 0 Å². The third-order valence-corrected chi connectivity index (χ3v) is 4.37. The number of rotatable bonds is 6. The first-order valence-corrected chi connectivity index (χ1v) is 7.33. The predicted molar refractivity (Wildman–Crippen MR) is 74.6 cm³/mol. The largest absolute Gasteiger partial charge is 0.348 e. The second kappa shape index (κ2) is 6.41. The molecule has 1 aromatic heterocycles. The minimum Gasteiger partial charge on any atom is -0.348 e. The molecular formula is C13H20ClNOS. The standard InChI is InChI=1S/C13H20ClNOS/c1-4-6-10(11-7-5-8-17-11)15-12(16)13(2,3)9-14/h5,7-8,10H,4,6,9H2,1-3H3,(H,15,16). The van der Waals surface area contributed by atoms with E-state index in [-0.39, 0.29) is 11.9 Å². The Labute approximate surface area is 112 Å². The maximum absolute atomic E-state index is 12.1. The van der Waals surface area contributed by atoms with Crippen molar-refractivity contribution in [2.75, 3.05) is 5.88 Å². The fourth-order valence-electron chi connectivity index (χ4n) is 1.48. The van der Waals surface area contributed by atoms with Crippen LogP contribution in [0.15, 0.2) is 17.5 Å². The van der Waals surface area contributed by atoms with Crippen LogP contribution in [0.3, 0.4) is 0 Å². The molecular weight excluding hydrogens is 254 g/mol. The van der Waals surface area contributed by atoms with Gasteiger partial charge in [0, 0.05) is 10.8 Å². The lowest BCUT2D eigenvalue weighted by molar-refractivity contribution is -0.129. The molecule has 0 saturated heterocycles.